The third-order valence-corrected chi connectivity index (χ3v) is 7.47. The smallest absolute Gasteiger partial charge is 0.207 e. The number of anilines is 1. The van der Waals surface area contributed by atoms with E-state index in [1.165, 1.54) is 24.5 Å². The van der Waals surface area contributed by atoms with Crippen LogP contribution in [0.1, 0.15) is 23.6 Å². The lowest BCUT2D eigenvalue weighted by Crippen LogP contribution is -2.18. The largest absolute Gasteiger partial charge is 0.494 e. The first-order chi connectivity index (χ1) is 16.4. The van der Waals surface area contributed by atoms with Crippen LogP contribution in [0.4, 0.5) is 9.52 Å². The lowest BCUT2D eigenvalue weighted by molar-refractivity contribution is 0.386. The van der Waals surface area contributed by atoms with Gasteiger partial charge in [0.1, 0.15) is 0 Å². The summed E-state index contributed by atoms with van der Waals surface area (Å²) in [7, 11) is 1.44. The summed E-state index contributed by atoms with van der Waals surface area (Å²) in [6, 6.07) is 18.0. The molecule has 0 N–H and O–H groups in total. The molecule has 1 aliphatic heterocycles. The molecule has 1 aromatic heterocycles. The molecule has 172 valence electrons. The molecule has 0 aliphatic carbocycles. The van der Waals surface area contributed by atoms with Crippen LogP contribution < -0.4 is 9.75 Å². The van der Waals surface area contributed by atoms with Crippen molar-refractivity contribution in [2.45, 2.75) is 12.5 Å². The summed E-state index contributed by atoms with van der Waals surface area (Å²) in [5.41, 5.74) is 4.15. The van der Waals surface area contributed by atoms with Gasteiger partial charge in [-0.1, -0.05) is 57.3 Å². The molecule has 0 radical (unpaired) electrons. The van der Waals surface area contributed by atoms with E-state index in [9.17, 15) is 4.39 Å². The molecule has 1 atom stereocenters. The van der Waals surface area contributed by atoms with Crippen LogP contribution in [0.5, 0.6) is 5.75 Å². The minimum atomic E-state index is -0.436. The molecule has 2 heterocycles. The maximum absolute atomic E-state index is 14.4. The monoisotopic (exact) mass is 575 g/mol. The minimum absolute atomic E-state index is 0.190. The minimum Gasteiger partial charge on any atom is -0.494 e. The van der Waals surface area contributed by atoms with Gasteiger partial charge in [-0.05, 0) is 48.0 Å². The molecule has 4 aromatic rings. The number of nitrogens with zero attached hydrogens (tertiary/aromatic N) is 3. The zero-order valence-electron chi connectivity index (χ0n) is 17.8. The second-order valence-electron chi connectivity index (χ2n) is 7.65. The summed E-state index contributed by atoms with van der Waals surface area (Å²) < 4.78 is 20.5. The molecule has 0 saturated carbocycles. The van der Waals surface area contributed by atoms with Gasteiger partial charge < -0.3 is 4.74 Å². The number of ether oxygens (including phenoxy) is 1. The molecule has 0 fully saturated rings. The molecule has 0 bridgehead atoms. The standard InChI is InChI=1S/C25H17BrCl2FN3OS/c1-33-24-9-4-15(10-20(24)29)21-12-23(18-8-7-17(27)11-19(18)28)32(31-21)25-30-22(13-34-25)14-2-5-16(26)6-3-14/h2-11,13,23H,12H2,1H3. The van der Waals surface area contributed by atoms with E-state index in [1.54, 1.807) is 24.3 Å². The van der Waals surface area contributed by atoms with E-state index in [0.29, 0.717) is 22.0 Å². The Hall–Kier alpha value is -2.45. The van der Waals surface area contributed by atoms with Crippen LogP contribution in [-0.4, -0.2) is 17.8 Å². The zero-order chi connectivity index (χ0) is 23.8. The van der Waals surface area contributed by atoms with Crippen LogP contribution in [0.25, 0.3) is 11.3 Å². The van der Waals surface area contributed by atoms with Crippen LogP contribution in [0.15, 0.2) is 75.6 Å². The van der Waals surface area contributed by atoms with Gasteiger partial charge in [-0.15, -0.1) is 11.3 Å². The summed E-state index contributed by atoms with van der Waals surface area (Å²) in [5, 5.41) is 10.5. The topological polar surface area (TPSA) is 37.7 Å². The van der Waals surface area contributed by atoms with E-state index in [-0.39, 0.29) is 11.8 Å². The SMILES string of the molecule is COc1ccc(C2=NN(c3nc(-c4ccc(Br)cc4)cs3)C(c3ccc(Cl)cc3Cl)C2)cc1F. The molecule has 4 nitrogen and oxygen atoms in total. The lowest BCUT2D eigenvalue weighted by Gasteiger charge is -2.22. The lowest BCUT2D eigenvalue weighted by atomic mass is 9.98. The fourth-order valence-electron chi connectivity index (χ4n) is 3.84. The van der Waals surface area contributed by atoms with Crippen LogP contribution in [0, 0.1) is 5.82 Å². The highest BCUT2D eigenvalue weighted by Crippen LogP contribution is 2.42. The Kier molecular flexibility index (Phi) is 6.62. The second-order valence-corrected chi connectivity index (χ2v) is 10.2. The predicted molar refractivity (Wildman–Crippen MR) is 141 cm³/mol. The van der Waals surface area contributed by atoms with Crippen molar-refractivity contribution in [3.05, 3.63) is 97.5 Å². The molecule has 1 unspecified atom stereocenters. The Morgan fingerprint density at radius 1 is 1.06 bits per heavy atom. The van der Waals surface area contributed by atoms with E-state index in [2.05, 4.69) is 15.9 Å². The molecule has 0 amide bonds. The van der Waals surface area contributed by atoms with Gasteiger partial charge in [0.05, 0.1) is 24.6 Å². The van der Waals surface area contributed by atoms with Crippen molar-refractivity contribution in [3.63, 3.8) is 0 Å². The highest BCUT2D eigenvalue weighted by Gasteiger charge is 2.33. The van der Waals surface area contributed by atoms with Crippen molar-refractivity contribution in [1.82, 2.24) is 4.98 Å². The summed E-state index contributed by atoms with van der Waals surface area (Å²) in [5.74, 6) is -0.246. The van der Waals surface area contributed by atoms with Crippen molar-refractivity contribution in [3.8, 4) is 17.0 Å². The van der Waals surface area contributed by atoms with Gasteiger partial charge in [0, 0.05) is 37.4 Å². The maximum atomic E-state index is 14.4. The number of thiazole rings is 1. The molecule has 9 heteroatoms. The average molecular weight is 577 g/mol. The number of benzene rings is 3. The van der Waals surface area contributed by atoms with E-state index in [0.717, 1.165) is 32.1 Å². The van der Waals surface area contributed by atoms with Gasteiger partial charge in [-0.3, -0.25) is 0 Å². The first-order valence-electron chi connectivity index (χ1n) is 10.3. The summed E-state index contributed by atoms with van der Waals surface area (Å²) in [4.78, 5) is 4.85. The van der Waals surface area contributed by atoms with Gasteiger partial charge in [0.15, 0.2) is 11.6 Å². The Morgan fingerprint density at radius 3 is 2.53 bits per heavy atom. The fourth-order valence-corrected chi connectivity index (χ4v) is 5.48. The fraction of sp³-hybridized carbons (Fsp3) is 0.120. The molecule has 0 saturated heterocycles. The number of hydrogen-bond acceptors (Lipinski definition) is 5. The summed E-state index contributed by atoms with van der Waals surface area (Å²) in [6.07, 6.45) is 0.528. The van der Waals surface area contributed by atoms with E-state index in [4.69, 9.17) is 38.0 Å². The quantitative estimate of drug-likeness (QED) is 0.239. The van der Waals surface area contributed by atoms with Crippen molar-refractivity contribution >= 4 is 61.3 Å². The molecule has 34 heavy (non-hydrogen) atoms. The van der Waals surface area contributed by atoms with Crippen LogP contribution in [0.2, 0.25) is 10.0 Å². The molecular weight excluding hydrogens is 560 g/mol. The zero-order valence-corrected chi connectivity index (χ0v) is 21.7. The number of hydrazone groups is 1. The molecule has 1 aliphatic rings. The van der Waals surface area contributed by atoms with Crippen LogP contribution in [0.3, 0.4) is 0 Å². The van der Waals surface area contributed by atoms with Crippen molar-refractivity contribution < 1.29 is 9.13 Å². The van der Waals surface area contributed by atoms with Gasteiger partial charge in [0.25, 0.3) is 0 Å². The van der Waals surface area contributed by atoms with Gasteiger partial charge in [-0.25, -0.2) is 14.4 Å². The normalized spacial score (nSPS) is 15.5. The molecular formula is C25H17BrCl2FN3OS. The number of rotatable bonds is 5. The highest BCUT2D eigenvalue weighted by atomic mass is 79.9. The average Bonchev–Trinajstić information content (AvgIpc) is 3.47. The number of methoxy groups -OCH3 is 1. The van der Waals surface area contributed by atoms with Crippen LogP contribution >= 0.6 is 50.5 Å². The van der Waals surface area contributed by atoms with Crippen LogP contribution in [-0.2, 0) is 0 Å². The molecule has 0 spiro atoms. The third kappa shape index (κ3) is 4.58. The first kappa shape index (κ1) is 23.3. The number of aromatic nitrogens is 1. The Labute approximate surface area is 218 Å². The molecule has 5 rings (SSSR count). The molecule has 3 aromatic carbocycles. The third-order valence-electron chi connectivity index (χ3n) is 5.54. The van der Waals surface area contributed by atoms with E-state index in [1.807, 2.05) is 40.7 Å². The van der Waals surface area contributed by atoms with Crippen molar-refractivity contribution in [2.24, 2.45) is 5.10 Å². The Morgan fingerprint density at radius 2 is 1.82 bits per heavy atom. The maximum Gasteiger partial charge on any atom is 0.207 e. The Bertz CT molecular complexity index is 1390. The van der Waals surface area contributed by atoms with E-state index >= 15 is 0 Å². The van der Waals surface area contributed by atoms with Crippen molar-refractivity contribution in [1.29, 1.82) is 0 Å². The van der Waals surface area contributed by atoms with Crippen molar-refractivity contribution in [2.75, 3.05) is 12.1 Å². The van der Waals surface area contributed by atoms with Gasteiger partial charge in [0.2, 0.25) is 5.13 Å². The summed E-state index contributed by atoms with van der Waals surface area (Å²) >= 11 is 17.7. The second kappa shape index (κ2) is 9.66. The highest BCUT2D eigenvalue weighted by molar-refractivity contribution is 9.10. The Balaban J connectivity index is 1.55. The number of halogens is 4. The van der Waals surface area contributed by atoms with Gasteiger partial charge in [-0.2, -0.15) is 5.10 Å². The predicted octanol–water partition coefficient (Wildman–Crippen LogP) is 8.38. The van der Waals surface area contributed by atoms with E-state index < -0.39 is 5.82 Å². The number of hydrogen-bond donors (Lipinski definition) is 0. The summed E-state index contributed by atoms with van der Waals surface area (Å²) in [6.45, 7) is 0. The van der Waals surface area contributed by atoms with Gasteiger partial charge >= 0.3 is 0 Å². The first-order valence-corrected chi connectivity index (χ1v) is 12.7.